The average Bonchev–Trinajstić information content (AvgIpc) is 2.70. The molecule has 1 N–H and O–H groups in total. The summed E-state index contributed by atoms with van der Waals surface area (Å²) >= 11 is 6.29. The van der Waals surface area contributed by atoms with Crippen LogP contribution in [0.2, 0.25) is 5.02 Å². The van der Waals surface area contributed by atoms with Gasteiger partial charge in [-0.1, -0.05) is 17.7 Å². The van der Waals surface area contributed by atoms with E-state index >= 15 is 0 Å². The molecule has 1 heterocycles. The first-order valence-electron chi connectivity index (χ1n) is 5.38. The third-order valence-corrected chi connectivity index (χ3v) is 3.26. The second-order valence-electron chi connectivity index (χ2n) is 4.25. The second kappa shape index (κ2) is 5.76. The van der Waals surface area contributed by atoms with Crippen molar-refractivity contribution in [2.24, 2.45) is 0 Å². The summed E-state index contributed by atoms with van der Waals surface area (Å²) in [6, 6.07) is 6.76. The van der Waals surface area contributed by atoms with E-state index in [4.69, 9.17) is 11.6 Å². The highest BCUT2D eigenvalue weighted by atomic mass is 35.5. The lowest BCUT2D eigenvalue weighted by molar-refractivity contribution is 0.648. The zero-order valence-corrected chi connectivity index (χ0v) is 11.2. The third kappa shape index (κ3) is 2.82. The van der Waals surface area contributed by atoms with Crippen LogP contribution in [0.25, 0.3) is 0 Å². The van der Waals surface area contributed by atoms with Crippen molar-refractivity contribution in [2.45, 2.75) is 18.9 Å². The van der Waals surface area contributed by atoms with E-state index < -0.39 is 0 Å². The number of rotatable bonds is 2. The van der Waals surface area contributed by atoms with E-state index in [0.29, 0.717) is 6.04 Å². The van der Waals surface area contributed by atoms with Gasteiger partial charge >= 0.3 is 0 Å². The van der Waals surface area contributed by atoms with Gasteiger partial charge in [0, 0.05) is 30.8 Å². The standard InChI is InChI=1S/C12H17ClN2.ClH/c1-15(2)9-5-6-10(11(13)8-9)12-4-3-7-14-12;/h5-6,8,12,14H,3-4,7H2,1-2H3;1H/t12-;/m0./s1. The topological polar surface area (TPSA) is 15.3 Å². The maximum atomic E-state index is 6.29. The van der Waals surface area contributed by atoms with E-state index in [1.54, 1.807) is 0 Å². The van der Waals surface area contributed by atoms with Crippen LogP contribution in [0.3, 0.4) is 0 Å². The molecule has 0 aliphatic carbocycles. The largest absolute Gasteiger partial charge is 0.378 e. The first kappa shape index (κ1) is 13.6. The molecule has 1 aromatic rings. The van der Waals surface area contributed by atoms with Crippen LogP contribution in [0.15, 0.2) is 18.2 Å². The van der Waals surface area contributed by atoms with E-state index in [0.717, 1.165) is 17.3 Å². The van der Waals surface area contributed by atoms with Gasteiger partial charge < -0.3 is 10.2 Å². The Bertz CT molecular complexity index is 347. The van der Waals surface area contributed by atoms with Crippen molar-refractivity contribution in [2.75, 3.05) is 25.5 Å². The zero-order valence-electron chi connectivity index (χ0n) is 9.66. The minimum Gasteiger partial charge on any atom is -0.378 e. The molecule has 1 fully saturated rings. The lowest BCUT2D eigenvalue weighted by atomic mass is 10.0. The van der Waals surface area contributed by atoms with Crippen LogP contribution < -0.4 is 10.2 Å². The molecule has 1 aliphatic heterocycles. The molecule has 1 aliphatic rings. The molecule has 90 valence electrons. The summed E-state index contributed by atoms with van der Waals surface area (Å²) in [5, 5.41) is 4.34. The van der Waals surface area contributed by atoms with Gasteiger partial charge in [-0.2, -0.15) is 0 Å². The lowest BCUT2D eigenvalue weighted by Crippen LogP contribution is -2.14. The molecule has 0 amide bonds. The summed E-state index contributed by atoms with van der Waals surface area (Å²) in [6.07, 6.45) is 2.44. The van der Waals surface area contributed by atoms with Crippen molar-refractivity contribution in [3.8, 4) is 0 Å². The van der Waals surface area contributed by atoms with Crippen molar-refractivity contribution in [3.05, 3.63) is 28.8 Å². The van der Waals surface area contributed by atoms with Gasteiger partial charge in [0.25, 0.3) is 0 Å². The fourth-order valence-electron chi connectivity index (χ4n) is 2.03. The van der Waals surface area contributed by atoms with Gasteiger partial charge in [-0.05, 0) is 37.1 Å². The molecule has 4 heteroatoms. The number of nitrogens with zero attached hydrogens (tertiary/aromatic N) is 1. The number of benzene rings is 1. The average molecular weight is 261 g/mol. The van der Waals surface area contributed by atoms with E-state index in [2.05, 4.69) is 22.3 Å². The number of nitrogens with one attached hydrogen (secondary N) is 1. The fourth-order valence-corrected chi connectivity index (χ4v) is 2.33. The summed E-state index contributed by atoms with van der Waals surface area (Å²) in [5.41, 5.74) is 2.39. The molecule has 2 rings (SSSR count). The van der Waals surface area contributed by atoms with E-state index in [9.17, 15) is 0 Å². The van der Waals surface area contributed by atoms with Crippen LogP contribution in [0.1, 0.15) is 24.4 Å². The van der Waals surface area contributed by atoms with Crippen molar-refractivity contribution >= 4 is 29.7 Å². The van der Waals surface area contributed by atoms with Crippen LogP contribution in [-0.4, -0.2) is 20.6 Å². The van der Waals surface area contributed by atoms with Gasteiger partial charge in [0.2, 0.25) is 0 Å². The SMILES string of the molecule is CN(C)c1ccc([C@@H]2CCCN2)c(Cl)c1.Cl. The molecule has 0 radical (unpaired) electrons. The molecule has 0 saturated carbocycles. The van der Waals surface area contributed by atoms with E-state index in [-0.39, 0.29) is 12.4 Å². The lowest BCUT2D eigenvalue weighted by Gasteiger charge is -2.17. The fraction of sp³-hybridized carbons (Fsp3) is 0.500. The third-order valence-electron chi connectivity index (χ3n) is 2.94. The predicted molar refractivity (Wildman–Crippen MR) is 73.0 cm³/mol. The molecule has 0 bridgehead atoms. The highest BCUT2D eigenvalue weighted by Crippen LogP contribution is 2.31. The minimum absolute atomic E-state index is 0. The van der Waals surface area contributed by atoms with Gasteiger partial charge in [-0.15, -0.1) is 12.4 Å². The van der Waals surface area contributed by atoms with E-state index in [1.807, 2.05) is 20.2 Å². The van der Waals surface area contributed by atoms with Gasteiger partial charge in [0.1, 0.15) is 0 Å². The van der Waals surface area contributed by atoms with Crippen LogP contribution in [0.4, 0.5) is 5.69 Å². The Hall–Kier alpha value is -0.440. The van der Waals surface area contributed by atoms with E-state index in [1.165, 1.54) is 18.4 Å². The van der Waals surface area contributed by atoms with Gasteiger partial charge in [-0.3, -0.25) is 0 Å². The number of hydrogen-bond acceptors (Lipinski definition) is 2. The number of halogens is 2. The molecule has 0 unspecified atom stereocenters. The summed E-state index contributed by atoms with van der Waals surface area (Å²) < 4.78 is 0. The first-order chi connectivity index (χ1) is 7.18. The van der Waals surface area contributed by atoms with Crippen molar-refractivity contribution in [3.63, 3.8) is 0 Å². The highest BCUT2D eigenvalue weighted by molar-refractivity contribution is 6.31. The molecule has 16 heavy (non-hydrogen) atoms. The maximum absolute atomic E-state index is 6.29. The second-order valence-corrected chi connectivity index (χ2v) is 4.66. The van der Waals surface area contributed by atoms with Crippen LogP contribution in [0, 0.1) is 0 Å². The van der Waals surface area contributed by atoms with Gasteiger partial charge in [-0.25, -0.2) is 0 Å². The molecule has 1 saturated heterocycles. The van der Waals surface area contributed by atoms with Gasteiger partial charge in [0.15, 0.2) is 0 Å². The predicted octanol–water partition coefficient (Wildman–Crippen LogP) is 3.25. The molecule has 0 aromatic heterocycles. The Morgan fingerprint density at radius 1 is 1.38 bits per heavy atom. The van der Waals surface area contributed by atoms with Crippen LogP contribution in [0.5, 0.6) is 0 Å². The molecule has 2 nitrogen and oxygen atoms in total. The van der Waals surface area contributed by atoms with Crippen molar-refractivity contribution < 1.29 is 0 Å². The molecule has 0 spiro atoms. The monoisotopic (exact) mass is 260 g/mol. The van der Waals surface area contributed by atoms with Crippen LogP contribution in [-0.2, 0) is 0 Å². The number of hydrogen-bond donors (Lipinski definition) is 1. The Labute approximate surface area is 108 Å². The normalized spacial score (nSPS) is 19.3. The van der Waals surface area contributed by atoms with Crippen LogP contribution >= 0.6 is 24.0 Å². The van der Waals surface area contributed by atoms with Crippen molar-refractivity contribution in [1.29, 1.82) is 0 Å². The summed E-state index contributed by atoms with van der Waals surface area (Å²) in [4.78, 5) is 2.07. The molecule has 1 atom stereocenters. The zero-order chi connectivity index (χ0) is 10.8. The summed E-state index contributed by atoms with van der Waals surface area (Å²) in [5.74, 6) is 0. The first-order valence-corrected chi connectivity index (χ1v) is 5.76. The Balaban J connectivity index is 0.00000128. The molecular weight excluding hydrogens is 243 g/mol. The summed E-state index contributed by atoms with van der Waals surface area (Å²) in [7, 11) is 4.05. The highest BCUT2D eigenvalue weighted by Gasteiger charge is 2.18. The Morgan fingerprint density at radius 2 is 2.12 bits per heavy atom. The molecular formula is C12H18Cl2N2. The Kier molecular flexibility index (Phi) is 4.90. The summed E-state index contributed by atoms with van der Waals surface area (Å²) in [6.45, 7) is 1.11. The molecule has 1 aromatic carbocycles. The Morgan fingerprint density at radius 3 is 2.62 bits per heavy atom. The quantitative estimate of drug-likeness (QED) is 0.879. The maximum Gasteiger partial charge on any atom is 0.0474 e. The smallest absolute Gasteiger partial charge is 0.0474 e. The van der Waals surface area contributed by atoms with Gasteiger partial charge in [0.05, 0.1) is 0 Å². The minimum atomic E-state index is 0. The van der Waals surface area contributed by atoms with Crippen molar-refractivity contribution in [1.82, 2.24) is 5.32 Å². The number of anilines is 1.